The van der Waals surface area contributed by atoms with E-state index in [0.29, 0.717) is 24.2 Å². The lowest BCUT2D eigenvalue weighted by molar-refractivity contribution is -0.116. The highest BCUT2D eigenvalue weighted by molar-refractivity contribution is 7.98. The Morgan fingerprint density at radius 1 is 1.13 bits per heavy atom. The van der Waals surface area contributed by atoms with Gasteiger partial charge in [0.1, 0.15) is 0 Å². The van der Waals surface area contributed by atoms with Crippen LogP contribution < -0.4 is 10.0 Å². The van der Waals surface area contributed by atoms with Crippen LogP contribution in [0.25, 0.3) is 0 Å². The molecule has 0 aromatic heterocycles. The number of sulfonamides is 1. The predicted molar refractivity (Wildman–Crippen MR) is 92.4 cm³/mol. The highest BCUT2D eigenvalue weighted by atomic mass is 32.2. The summed E-state index contributed by atoms with van der Waals surface area (Å²) < 4.78 is 27.7. The normalized spacial score (nSPS) is 14.0. The van der Waals surface area contributed by atoms with Crippen molar-refractivity contribution >= 4 is 39.1 Å². The maximum absolute atomic E-state index is 12.5. The number of carbonyl (C=O) groups excluding carboxylic acids is 1. The SMILES string of the molecule is CSc1cccc(NS(=O)(=O)c2ccc3c(c2)CCC(=O)N3)c1. The second kappa shape index (κ2) is 6.25. The molecule has 2 N–H and O–H groups in total. The smallest absolute Gasteiger partial charge is 0.261 e. The number of aryl methyl sites for hydroxylation is 1. The van der Waals surface area contributed by atoms with Crippen LogP contribution in [0.1, 0.15) is 12.0 Å². The number of carbonyl (C=O) groups is 1. The average Bonchev–Trinajstić information content (AvgIpc) is 2.54. The molecule has 0 aliphatic carbocycles. The molecule has 0 spiro atoms. The Kier molecular flexibility index (Phi) is 4.32. The van der Waals surface area contributed by atoms with Crippen molar-refractivity contribution in [3.8, 4) is 0 Å². The van der Waals surface area contributed by atoms with Gasteiger partial charge >= 0.3 is 0 Å². The molecule has 2 aromatic carbocycles. The van der Waals surface area contributed by atoms with Gasteiger partial charge in [-0.1, -0.05) is 6.07 Å². The van der Waals surface area contributed by atoms with E-state index in [-0.39, 0.29) is 10.8 Å². The maximum Gasteiger partial charge on any atom is 0.261 e. The fraction of sp³-hybridized carbons (Fsp3) is 0.188. The Labute approximate surface area is 139 Å². The number of hydrogen-bond donors (Lipinski definition) is 2. The minimum atomic E-state index is -3.66. The van der Waals surface area contributed by atoms with Crippen molar-refractivity contribution < 1.29 is 13.2 Å². The molecule has 120 valence electrons. The van der Waals surface area contributed by atoms with Crippen LogP contribution in [0.5, 0.6) is 0 Å². The molecule has 23 heavy (non-hydrogen) atoms. The van der Waals surface area contributed by atoms with Crippen LogP contribution in [-0.2, 0) is 21.2 Å². The summed E-state index contributed by atoms with van der Waals surface area (Å²) in [5.74, 6) is -0.0416. The minimum absolute atomic E-state index is 0.0416. The van der Waals surface area contributed by atoms with Crippen molar-refractivity contribution in [3.05, 3.63) is 48.0 Å². The maximum atomic E-state index is 12.5. The van der Waals surface area contributed by atoms with Gasteiger partial charge in [-0.25, -0.2) is 8.42 Å². The van der Waals surface area contributed by atoms with Crippen LogP contribution in [0.2, 0.25) is 0 Å². The quantitative estimate of drug-likeness (QED) is 0.833. The lowest BCUT2D eigenvalue weighted by atomic mass is 10.0. The highest BCUT2D eigenvalue weighted by Gasteiger charge is 2.20. The molecule has 0 saturated carbocycles. The van der Waals surface area contributed by atoms with Crippen molar-refractivity contribution in [1.82, 2.24) is 0 Å². The van der Waals surface area contributed by atoms with Crippen molar-refractivity contribution in [2.75, 3.05) is 16.3 Å². The molecule has 0 bridgehead atoms. The van der Waals surface area contributed by atoms with E-state index in [1.54, 1.807) is 36.0 Å². The first-order valence-electron chi connectivity index (χ1n) is 7.07. The van der Waals surface area contributed by atoms with Gasteiger partial charge in [-0.15, -0.1) is 11.8 Å². The number of amides is 1. The summed E-state index contributed by atoms with van der Waals surface area (Å²) >= 11 is 1.55. The molecule has 0 atom stereocenters. The number of rotatable bonds is 4. The summed E-state index contributed by atoms with van der Waals surface area (Å²) in [4.78, 5) is 12.5. The van der Waals surface area contributed by atoms with E-state index in [1.165, 1.54) is 6.07 Å². The minimum Gasteiger partial charge on any atom is -0.326 e. The van der Waals surface area contributed by atoms with Gasteiger partial charge in [0.05, 0.1) is 4.90 Å². The fourth-order valence-corrected chi connectivity index (χ4v) is 3.99. The number of thioether (sulfide) groups is 1. The molecule has 1 aliphatic rings. The van der Waals surface area contributed by atoms with Gasteiger partial charge in [-0.3, -0.25) is 9.52 Å². The topological polar surface area (TPSA) is 75.3 Å². The van der Waals surface area contributed by atoms with Crippen LogP contribution in [0, 0.1) is 0 Å². The largest absolute Gasteiger partial charge is 0.326 e. The van der Waals surface area contributed by atoms with E-state index in [1.807, 2.05) is 18.4 Å². The summed E-state index contributed by atoms with van der Waals surface area (Å²) in [6, 6.07) is 12.0. The molecular weight excluding hydrogens is 332 g/mol. The molecule has 7 heteroatoms. The lowest BCUT2D eigenvalue weighted by Gasteiger charge is -2.18. The monoisotopic (exact) mass is 348 g/mol. The highest BCUT2D eigenvalue weighted by Crippen LogP contribution is 2.27. The molecular formula is C16H16N2O3S2. The zero-order valence-electron chi connectivity index (χ0n) is 12.5. The molecule has 0 saturated heterocycles. The Morgan fingerprint density at radius 2 is 1.96 bits per heavy atom. The van der Waals surface area contributed by atoms with Crippen LogP contribution in [-0.4, -0.2) is 20.6 Å². The van der Waals surface area contributed by atoms with Gasteiger partial charge < -0.3 is 5.32 Å². The molecule has 1 amide bonds. The third-order valence-corrected chi connectivity index (χ3v) is 5.71. The van der Waals surface area contributed by atoms with Gasteiger partial charge in [0, 0.05) is 22.7 Å². The lowest BCUT2D eigenvalue weighted by Crippen LogP contribution is -2.20. The first-order valence-corrected chi connectivity index (χ1v) is 9.78. The molecule has 1 aliphatic heterocycles. The zero-order valence-corrected chi connectivity index (χ0v) is 14.1. The van der Waals surface area contributed by atoms with E-state index in [2.05, 4.69) is 10.0 Å². The summed E-state index contributed by atoms with van der Waals surface area (Å²) in [6.07, 6.45) is 2.86. The zero-order chi connectivity index (χ0) is 16.4. The fourth-order valence-electron chi connectivity index (χ4n) is 2.43. The second-order valence-electron chi connectivity index (χ2n) is 5.20. The third kappa shape index (κ3) is 3.51. The van der Waals surface area contributed by atoms with Gasteiger partial charge in [0.15, 0.2) is 0 Å². The van der Waals surface area contributed by atoms with Crippen molar-refractivity contribution in [2.24, 2.45) is 0 Å². The van der Waals surface area contributed by atoms with Crippen molar-refractivity contribution in [2.45, 2.75) is 22.6 Å². The Bertz CT molecular complexity index is 863. The number of nitrogens with one attached hydrogen (secondary N) is 2. The third-order valence-electron chi connectivity index (χ3n) is 3.60. The molecule has 0 unspecified atom stereocenters. The van der Waals surface area contributed by atoms with Crippen molar-refractivity contribution in [3.63, 3.8) is 0 Å². The molecule has 3 rings (SSSR count). The Balaban J connectivity index is 1.89. The first kappa shape index (κ1) is 15.9. The standard InChI is InChI=1S/C16H16N2O3S2/c1-22-13-4-2-3-12(10-13)18-23(20,21)14-6-7-15-11(9-14)5-8-16(19)17-15/h2-4,6-7,9-10,18H,5,8H2,1H3,(H,17,19). The first-order chi connectivity index (χ1) is 11.0. The van der Waals surface area contributed by atoms with Crippen LogP contribution in [0.15, 0.2) is 52.3 Å². The van der Waals surface area contributed by atoms with Gasteiger partial charge in [-0.05, 0) is 54.6 Å². The van der Waals surface area contributed by atoms with Gasteiger partial charge in [-0.2, -0.15) is 0 Å². The van der Waals surface area contributed by atoms with Crippen LogP contribution >= 0.6 is 11.8 Å². The Hall–Kier alpha value is -1.99. The van der Waals surface area contributed by atoms with E-state index in [0.717, 1.165) is 10.5 Å². The van der Waals surface area contributed by atoms with Gasteiger partial charge in [0.2, 0.25) is 5.91 Å². The van der Waals surface area contributed by atoms with E-state index < -0.39 is 10.0 Å². The number of hydrogen-bond acceptors (Lipinski definition) is 4. The van der Waals surface area contributed by atoms with Crippen LogP contribution in [0.4, 0.5) is 11.4 Å². The number of benzene rings is 2. The van der Waals surface area contributed by atoms with Crippen molar-refractivity contribution in [1.29, 1.82) is 0 Å². The number of fused-ring (bicyclic) bond motifs is 1. The van der Waals surface area contributed by atoms with Gasteiger partial charge in [0.25, 0.3) is 10.0 Å². The predicted octanol–water partition coefficient (Wildman–Crippen LogP) is 3.09. The Morgan fingerprint density at radius 3 is 2.74 bits per heavy atom. The molecule has 0 fully saturated rings. The van der Waals surface area contributed by atoms with Crippen LogP contribution in [0.3, 0.4) is 0 Å². The summed E-state index contributed by atoms with van der Waals surface area (Å²) in [5.41, 5.74) is 2.05. The van der Waals surface area contributed by atoms with E-state index in [4.69, 9.17) is 0 Å². The summed E-state index contributed by atoms with van der Waals surface area (Å²) in [5, 5.41) is 2.75. The van der Waals surface area contributed by atoms with E-state index >= 15 is 0 Å². The molecule has 1 heterocycles. The molecule has 2 aromatic rings. The van der Waals surface area contributed by atoms with E-state index in [9.17, 15) is 13.2 Å². The second-order valence-corrected chi connectivity index (χ2v) is 7.77. The average molecular weight is 348 g/mol. The molecule has 5 nitrogen and oxygen atoms in total. The number of anilines is 2. The summed E-state index contributed by atoms with van der Waals surface area (Å²) in [6.45, 7) is 0. The molecule has 0 radical (unpaired) electrons. The summed E-state index contributed by atoms with van der Waals surface area (Å²) in [7, 11) is -3.66.